The van der Waals surface area contributed by atoms with E-state index in [1.54, 1.807) is 7.11 Å². The molecule has 3 heteroatoms. The lowest BCUT2D eigenvalue weighted by Gasteiger charge is -2.24. The highest BCUT2D eigenvalue weighted by Crippen LogP contribution is 2.30. The second kappa shape index (κ2) is 7.25. The first kappa shape index (κ1) is 14.8. The molecule has 0 amide bonds. The maximum atomic E-state index is 12.1. The Morgan fingerprint density at radius 2 is 1.90 bits per heavy atom. The van der Waals surface area contributed by atoms with E-state index in [-0.39, 0.29) is 11.9 Å². The molecule has 0 aliphatic heterocycles. The second-order valence-corrected chi connectivity index (χ2v) is 5.35. The van der Waals surface area contributed by atoms with Gasteiger partial charge in [-0.15, -0.1) is 6.58 Å². The third-order valence-corrected chi connectivity index (χ3v) is 3.89. The fourth-order valence-electron chi connectivity index (χ4n) is 2.61. The lowest BCUT2D eigenvalue weighted by atomic mass is 9.82. The third-order valence-electron chi connectivity index (χ3n) is 3.89. The first-order chi connectivity index (χ1) is 9.72. The van der Waals surface area contributed by atoms with Gasteiger partial charge < -0.3 is 9.47 Å². The van der Waals surface area contributed by atoms with Crippen molar-refractivity contribution >= 4 is 5.97 Å². The lowest BCUT2D eigenvalue weighted by molar-refractivity contribution is -0.140. The van der Waals surface area contributed by atoms with Crippen molar-refractivity contribution in [1.29, 1.82) is 0 Å². The molecule has 0 heterocycles. The molecule has 0 bridgehead atoms. The van der Waals surface area contributed by atoms with Gasteiger partial charge in [-0.05, 0) is 49.3 Å². The Hall–Kier alpha value is -1.61. The zero-order valence-electron chi connectivity index (χ0n) is 12.0. The first-order valence-electron chi connectivity index (χ1n) is 7.15. The Morgan fingerprint density at radius 1 is 1.25 bits per heavy atom. The molecule has 1 aromatic rings. The van der Waals surface area contributed by atoms with E-state index in [1.165, 1.54) is 0 Å². The maximum absolute atomic E-state index is 12.1. The quantitative estimate of drug-likeness (QED) is 0.466. The summed E-state index contributed by atoms with van der Waals surface area (Å²) in [4.78, 5) is 12.1. The summed E-state index contributed by atoms with van der Waals surface area (Å²) in [5.74, 6) is 1.10. The van der Waals surface area contributed by atoms with Gasteiger partial charge in [0.1, 0.15) is 5.75 Å². The molecule has 3 nitrogen and oxygen atoms in total. The number of hydrogen-bond donors (Lipinski definition) is 0. The molecule has 0 aromatic heterocycles. The molecule has 0 atom stereocenters. The van der Waals surface area contributed by atoms with Gasteiger partial charge >= 0.3 is 5.97 Å². The molecule has 108 valence electrons. The van der Waals surface area contributed by atoms with Gasteiger partial charge in [-0.1, -0.05) is 18.2 Å². The number of carbonyl (C=O) groups is 1. The van der Waals surface area contributed by atoms with Crippen molar-refractivity contribution in [2.45, 2.75) is 32.3 Å². The number of methoxy groups -OCH3 is 1. The number of allylic oxidation sites excluding steroid dienone is 1. The molecular formula is C17H22O3. The summed E-state index contributed by atoms with van der Waals surface area (Å²) >= 11 is 0. The highest BCUT2D eigenvalue weighted by Gasteiger charge is 2.26. The van der Waals surface area contributed by atoms with Crippen molar-refractivity contribution in [2.24, 2.45) is 11.8 Å². The Kier molecular flexibility index (Phi) is 5.36. The van der Waals surface area contributed by atoms with Crippen LogP contribution in [0.25, 0.3) is 0 Å². The van der Waals surface area contributed by atoms with Crippen LogP contribution in [0.1, 0.15) is 31.2 Å². The number of hydrogen-bond acceptors (Lipinski definition) is 3. The smallest absolute Gasteiger partial charge is 0.314 e. The van der Waals surface area contributed by atoms with Crippen LogP contribution in [0.4, 0.5) is 0 Å². The van der Waals surface area contributed by atoms with Crippen molar-refractivity contribution < 1.29 is 14.3 Å². The van der Waals surface area contributed by atoms with E-state index in [9.17, 15) is 4.79 Å². The number of benzene rings is 1. The van der Waals surface area contributed by atoms with E-state index in [0.717, 1.165) is 31.2 Å². The van der Waals surface area contributed by atoms with E-state index >= 15 is 0 Å². The van der Waals surface area contributed by atoms with Gasteiger partial charge in [0.15, 0.2) is 0 Å². The fourth-order valence-corrected chi connectivity index (χ4v) is 2.61. The van der Waals surface area contributed by atoms with Gasteiger partial charge in [0.05, 0.1) is 12.5 Å². The molecule has 1 fully saturated rings. The third kappa shape index (κ3) is 3.94. The molecule has 1 saturated carbocycles. The summed E-state index contributed by atoms with van der Waals surface area (Å²) in [5.41, 5.74) is 1.07. The molecular weight excluding hydrogens is 252 g/mol. The van der Waals surface area contributed by atoms with Gasteiger partial charge in [0, 0.05) is 7.11 Å². The van der Waals surface area contributed by atoms with Gasteiger partial charge in [0.2, 0.25) is 0 Å². The largest absolute Gasteiger partial charge is 0.426 e. The summed E-state index contributed by atoms with van der Waals surface area (Å²) in [6.45, 7) is 4.39. The zero-order chi connectivity index (χ0) is 14.4. The molecule has 20 heavy (non-hydrogen) atoms. The molecule has 0 spiro atoms. The summed E-state index contributed by atoms with van der Waals surface area (Å²) in [6.07, 6.45) is 5.87. The SMILES string of the molecule is C=CC1CCC(C(=O)Oc2ccc(COC)cc2)CC1. The minimum absolute atomic E-state index is 0.0323. The number of carbonyl (C=O) groups excluding carboxylic acids is 1. The summed E-state index contributed by atoms with van der Waals surface area (Å²) in [7, 11) is 1.66. The maximum Gasteiger partial charge on any atom is 0.314 e. The highest BCUT2D eigenvalue weighted by molar-refractivity contribution is 5.75. The predicted octanol–water partition coefficient (Wildman–Crippen LogP) is 3.73. The van der Waals surface area contributed by atoms with Crippen LogP contribution in [0.3, 0.4) is 0 Å². The molecule has 0 saturated heterocycles. The van der Waals surface area contributed by atoms with Crippen molar-refractivity contribution in [1.82, 2.24) is 0 Å². The second-order valence-electron chi connectivity index (χ2n) is 5.35. The van der Waals surface area contributed by atoms with E-state index in [0.29, 0.717) is 18.3 Å². The predicted molar refractivity (Wildman–Crippen MR) is 78.4 cm³/mol. The van der Waals surface area contributed by atoms with Crippen LogP contribution in [0.15, 0.2) is 36.9 Å². The Bertz CT molecular complexity index is 442. The lowest BCUT2D eigenvalue weighted by Crippen LogP contribution is -2.25. The van der Waals surface area contributed by atoms with Gasteiger partial charge in [-0.25, -0.2) is 0 Å². The monoisotopic (exact) mass is 274 g/mol. The van der Waals surface area contributed by atoms with E-state index in [4.69, 9.17) is 9.47 Å². The number of rotatable bonds is 5. The van der Waals surface area contributed by atoms with E-state index in [2.05, 4.69) is 6.58 Å². The Labute approximate surface area is 120 Å². The molecule has 1 aliphatic carbocycles. The van der Waals surface area contributed by atoms with Crippen molar-refractivity contribution in [3.05, 3.63) is 42.5 Å². The van der Waals surface area contributed by atoms with E-state index < -0.39 is 0 Å². The topological polar surface area (TPSA) is 35.5 Å². The standard InChI is InChI=1S/C17H22O3/c1-3-13-4-8-15(9-5-13)17(18)20-16-10-6-14(7-11-16)12-19-2/h3,6-7,10-11,13,15H,1,4-5,8-9,12H2,2H3. The van der Waals surface area contributed by atoms with Crippen LogP contribution in [0.2, 0.25) is 0 Å². The van der Waals surface area contributed by atoms with Crippen molar-refractivity contribution in [3.63, 3.8) is 0 Å². The van der Waals surface area contributed by atoms with Crippen molar-refractivity contribution in [3.8, 4) is 5.75 Å². The zero-order valence-corrected chi connectivity index (χ0v) is 12.0. The van der Waals surface area contributed by atoms with Crippen molar-refractivity contribution in [2.75, 3.05) is 7.11 Å². The van der Waals surface area contributed by atoms with Crippen LogP contribution in [-0.2, 0) is 16.1 Å². The average Bonchev–Trinajstić information content (AvgIpc) is 2.49. The Balaban J connectivity index is 1.86. The number of ether oxygens (including phenoxy) is 2. The van der Waals surface area contributed by atoms with Gasteiger partial charge in [-0.2, -0.15) is 0 Å². The normalized spacial score (nSPS) is 22.2. The summed E-state index contributed by atoms with van der Waals surface area (Å²) in [5, 5.41) is 0. The molecule has 0 unspecified atom stereocenters. The van der Waals surface area contributed by atoms with Crippen LogP contribution < -0.4 is 4.74 Å². The Morgan fingerprint density at radius 3 is 2.45 bits per heavy atom. The first-order valence-corrected chi connectivity index (χ1v) is 7.15. The molecule has 0 radical (unpaired) electrons. The highest BCUT2D eigenvalue weighted by atomic mass is 16.5. The van der Waals surface area contributed by atoms with Crippen LogP contribution >= 0.6 is 0 Å². The molecule has 1 aromatic carbocycles. The average molecular weight is 274 g/mol. The number of esters is 1. The minimum Gasteiger partial charge on any atom is -0.426 e. The van der Waals surface area contributed by atoms with Crippen LogP contribution in [-0.4, -0.2) is 13.1 Å². The minimum atomic E-state index is -0.105. The van der Waals surface area contributed by atoms with Gasteiger partial charge in [-0.3, -0.25) is 4.79 Å². The fraction of sp³-hybridized carbons (Fsp3) is 0.471. The molecule has 2 rings (SSSR count). The summed E-state index contributed by atoms with van der Waals surface area (Å²) in [6, 6.07) is 7.48. The van der Waals surface area contributed by atoms with Crippen LogP contribution in [0, 0.1) is 11.8 Å². The molecule has 0 N–H and O–H groups in total. The van der Waals surface area contributed by atoms with Gasteiger partial charge in [0.25, 0.3) is 0 Å². The van der Waals surface area contributed by atoms with Crippen LogP contribution in [0.5, 0.6) is 5.75 Å². The summed E-state index contributed by atoms with van der Waals surface area (Å²) < 4.78 is 10.5. The molecule has 1 aliphatic rings. The van der Waals surface area contributed by atoms with E-state index in [1.807, 2.05) is 30.3 Å².